The number of phenolic OH excluding ortho intramolecular Hbond substituents is 1. The second-order valence-corrected chi connectivity index (χ2v) is 10.5. The number of phenols is 1. The fraction of sp³-hybridized carbons (Fsp3) is 0.273. The van der Waals surface area contributed by atoms with Crippen LogP contribution >= 0.6 is 11.6 Å². The Morgan fingerprint density at radius 2 is 1.69 bits per heavy atom. The van der Waals surface area contributed by atoms with Crippen LogP contribution in [0.25, 0.3) is 0 Å². The summed E-state index contributed by atoms with van der Waals surface area (Å²) in [5.74, 6) is -0.177. The molecule has 0 bridgehead atoms. The molecule has 0 aromatic heterocycles. The number of halogens is 1. The van der Waals surface area contributed by atoms with Gasteiger partial charge in [-0.2, -0.15) is 0 Å². The van der Waals surface area contributed by atoms with Gasteiger partial charge in [-0.15, -0.1) is 0 Å². The Kier molecular flexibility index (Phi) is 8.73. The number of ether oxygens (including phenoxy) is 4. The molecule has 8 nitrogen and oxygen atoms in total. The van der Waals surface area contributed by atoms with Gasteiger partial charge < -0.3 is 29.4 Å². The molecule has 0 spiro atoms. The predicted octanol–water partition coefficient (Wildman–Crippen LogP) is 6.05. The van der Waals surface area contributed by atoms with E-state index in [-0.39, 0.29) is 53.4 Å². The van der Waals surface area contributed by atoms with E-state index in [9.17, 15) is 14.7 Å². The minimum absolute atomic E-state index is 0.0102. The molecule has 3 aromatic carbocycles. The van der Waals surface area contributed by atoms with Crippen LogP contribution in [0.5, 0.6) is 23.0 Å². The molecular weight excluding hydrogens is 558 g/mol. The maximum atomic E-state index is 13.9. The third kappa shape index (κ3) is 5.94. The molecule has 2 atom stereocenters. The lowest BCUT2D eigenvalue weighted by molar-refractivity contribution is -0.140. The van der Waals surface area contributed by atoms with E-state index in [1.165, 1.54) is 7.11 Å². The Hall–Kier alpha value is -4.43. The van der Waals surface area contributed by atoms with Gasteiger partial charge >= 0.3 is 5.97 Å². The molecule has 2 N–H and O–H groups in total. The van der Waals surface area contributed by atoms with E-state index >= 15 is 0 Å². The lowest BCUT2D eigenvalue weighted by Crippen LogP contribution is -2.36. The predicted molar refractivity (Wildman–Crippen MR) is 158 cm³/mol. The van der Waals surface area contributed by atoms with Gasteiger partial charge in [-0.05, 0) is 66.8 Å². The van der Waals surface area contributed by atoms with Gasteiger partial charge in [-0.3, -0.25) is 4.79 Å². The number of nitrogens with one attached hydrogen (secondary N) is 1. The number of para-hydroxylation sites is 1. The zero-order chi connectivity index (χ0) is 29.8. The van der Waals surface area contributed by atoms with Crippen LogP contribution in [0, 0.1) is 0 Å². The van der Waals surface area contributed by atoms with E-state index in [2.05, 4.69) is 5.32 Å². The number of hydrogen-bond acceptors (Lipinski definition) is 8. The standard InChI is InChI=1S/C33H32ClNO7/c1-19-29(33(38)42-14-13-41-24-7-5-4-6-8-24)30(22-15-25(34)32(37)28(18-22)40-3)31-26(35-19)16-21(17-27(31)36)20-9-11-23(39-2)12-10-20/h4-12,15,18,21,30,35,37H,13-14,16-17H2,1-3H3. The molecule has 3 aromatic rings. The Morgan fingerprint density at radius 1 is 0.952 bits per heavy atom. The lowest BCUT2D eigenvalue weighted by Gasteiger charge is -2.37. The van der Waals surface area contributed by atoms with Crippen molar-refractivity contribution in [3.8, 4) is 23.0 Å². The highest BCUT2D eigenvalue weighted by molar-refractivity contribution is 6.32. The molecule has 1 aliphatic heterocycles. The van der Waals surface area contributed by atoms with Crippen molar-refractivity contribution in [2.24, 2.45) is 0 Å². The van der Waals surface area contributed by atoms with Crippen molar-refractivity contribution >= 4 is 23.4 Å². The minimum Gasteiger partial charge on any atom is -0.503 e. The monoisotopic (exact) mass is 589 g/mol. The topological polar surface area (TPSA) is 103 Å². The largest absolute Gasteiger partial charge is 0.503 e. The summed E-state index contributed by atoms with van der Waals surface area (Å²) in [4.78, 5) is 27.5. The summed E-state index contributed by atoms with van der Waals surface area (Å²) in [6.45, 7) is 1.96. The summed E-state index contributed by atoms with van der Waals surface area (Å²) >= 11 is 6.38. The maximum absolute atomic E-state index is 13.9. The molecule has 0 saturated carbocycles. The smallest absolute Gasteiger partial charge is 0.336 e. The molecule has 0 radical (unpaired) electrons. The number of methoxy groups -OCH3 is 2. The maximum Gasteiger partial charge on any atom is 0.336 e. The van der Waals surface area contributed by atoms with Crippen LogP contribution in [0.2, 0.25) is 5.02 Å². The second-order valence-electron chi connectivity index (χ2n) is 10.1. The number of aromatic hydroxyl groups is 1. The number of Topliss-reactive ketones (excluding diaryl/α,β-unsaturated/α-hetero) is 1. The molecule has 2 unspecified atom stereocenters. The molecular formula is C33H32ClNO7. The van der Waals surface area contributed by atoms with Crippen molar-refractivity contribution in [3.63, 3.8) is 0 Å². The zero-order valence-corrected chi connectivity index (χ0v) is 24.4. The molecule has 9 heteroatoms. The molecule has 218 valence electrons. The number of ketones is 1. The second kappa shape index (κ2) is 12.6. The van der Waals surface area contributed by atoms with Crippen LogP contribution in [0.3, 0.4) is 0 Å². The average molecular weight is 590 g/mol. The van der Waals surface area contributed by atoms with E-state index < -0.39 is 11.9 Å². The van der Waals surface area contributed by atoms with Crippen LogP contribution in [0.15, 0.2) is 89.3 Å². The van der Waals surface area contributed by atoms with Crippen molar-refractivity contribution < 1.29 is 33.6 Å². The van der Waals surface area contributed by atoms with E-state index in [1.807, 2.05) is 54.6 Å². The number of rotatable bonds is 9. The van der Waals surface area contributed by atoms with Crippen molar-refractivity contribution in [2.45, 2.75) is 31.6 Å². The SMILES string of the molecule is COc1ccc(C2CC(=O)C3=C(C2)NC(C)=C(C(=O)OCCOc2ccccc2)C3c2cc(Cl)c(O)c(OC)c2)cc1. The van der Waals surface area contributed by atoms with Crippen LogP contribution in [0.4, 0.5) is 0 Å². The summed E-state index contributed by atoms with van der Waals surface area (Å²) in [6, 6.07) is 20.1. The Balaban J connectivity index is 1.47. The first kappa shape index (κ1) is 29.1. The molecule has 0 fully saturated rings. The first-order chi connectivity index (χ1) is 20.3. The molecule has 42 heavy (non-hydrogen) atoms. The fourth-order valence-electron chi connectivity index (χ4n) is 5.56. The average Bonchev–Trinajstić information content (AvgIpc) is 3.00. The Morgan fingerprint density at radius 3 is 2.38 bits per heavy atom. The first-order valence-corrected chi connectivity index (χ1v) is 14.0. The van der Waals surface area contributed by atoms with Crippen LogP contribution < -0.4 is 19.5 Å². The molecule has 5 rings (SSSR count). The fourth-order valence-corrected chi connectivity index (χ4v) is 5.78. The normalized spacial score (nSPS) is 18.2. The molecule has 0 amide bonds. The van der Waals surface area contributed by atoms with Gasteiger partial charge in [0.25, 0.3) is 0 Å². The highest BCUT2D eigenvalue weighted by atomic mass is 35.5. The van der Waals surface area contributed by atoms with E-state index in [0.717, 1.165) is 17.0 Å². The van der Waals surface area contributed by atoms with Crippen molar-refractivity contribution in [2.75, 3.05) is 27.4 Å². The van der Waals surface area contributed by atoms with Gasteiger partial charge in [0, 0.05) is 29.3 Å². The summed E-state index contributed by atoms with van der Waals surface area (Å²) < 4.78 is 21.9. The summed E-state index contributed by atoms with van der Waals surface area (Å²) in [7, 11) is 3.03. The van der Waals surface area contributed by atoms with E-state index in [1.54, 1.807) is 26.2 Å². The molecule has 1 heterocycles. The summed E-state index contributed by atoms with van der Waals surface area (Å²) in [5.41, 5.74) is 3.62. The molecule has 1 aliphatic carbocycles. The molecule has 0 saturated heterocycles. The van der Waals surface area contributed by atoms with Crippen LogP contribution in [-0.4, -0.2) is 44.3 Å². The number of carbonyl (C=O) groups excluding carboxylic acids is 2. The van der Waals surface area contributed by atoms with Crippen LogP contribution in [0.1, 0.15) is 42.7 Å². The van der Waals surface area contributed by atoms with Crippen molar-refractivity contribution in [3.05, 3.63) is 105 Å². The number of benzene rings is 3. The van der Waals surface area contributed by atoms with Gasteiger partial charge in [-0.25, -0.2) is 4.79 Å². The summed E-state index contributed by atoms with van der Waals surface area (Å²) in [5, 5.41) is 13.8. The lowest BCUT2D eigenvalue weighted by atomic mass is 9.71. The third-order valence-electron chi connectivity index (χ3n) is 7.57. The number of dihydropyridines is 1. The van der Waals surface area contributed by atoms with Gasteiger partial charge in [0.05, 0.1) is 24.8 Å². The number of esters is 1. The van der Waals surface area contributed by atoms with E-state index in [4.69, 9.17) is 30.5 Å². The highest BCUT2D eigenvalue weighted by Crippen LogP contribution is 2.48. The van der Waals surface area contributed by atoms with Gasteiger partial charge in [0.1, 0.15) is 24.7 Å². The Bertz CT molecular complexity index is 1550. The third-order valence-corrected chi connectivity index (χ3v) is 7.86. The summed E-state index contributed by atoms with van der Waals surface area (Å²) in [6.07, 6.45) is 0.829. The Labute approximate surface area is 249 Å². The van der Waals surface area contributed by atoms with Gasteiger partial charge in [-0.1, -0.05) is 41.9 Å². The van der Waals surface area contributed by atoms with Crippen molar-refractivity contribution in [1.82, 2.24) is 5.32 Å². The highest BCUT2D eigenvalue weighted by Gasteiger charge is 2.42. The van der Waals surface area contributed by atoms with E-state index in [0.29, 0.717) is 29.0 Å². The van der Waals surface area contributed by atoms with Crippen molar-refractivity contribution in [1.29, 1.82) is 0 Å². The first-order valence-electron chi connectivity index (χ1n) is 13.6. The number of hydrogen-bond donors (Lipinski definition) is 2. The number of allylic oxidation sites excluding steroid dienone is 3. The van der Waals surface area contributed by atoms with Gasteiger partial charge in [0.15, 0.2) is 17.3 Å². The van der Waals surface area contributed by atoms with Gasteiger partial charge in [0.2, 0.25) is 0 Å². The van der Waals surface area contributed by atoms with Crippen LogP contribution in [-0.2, 0) is 14.3 Å². The quantitative estimate of drug-likeness (QED) is 0.230. The molecule has 2 aliphatic rings. The zero-order valence-electron chi connectivity index (χ0n) is 23.6. The minimum atomic E-state index is -0.778. The number of carbonyl (C=O) groups is 2.